The van der Waals surface area contributed by atoms with Gasteiger partial charge in [0.25, 0.3) is 0 Å². The molecule has 0 saturated carbocycles. The van der Waals surface area contributed by atoms with Crippen LogP contribution in [0.5, 0.6) is 0 Å². The average Bonchev–Trinajstić information content (AvgIpc) is 2.97. The van der Waals surface area contributed by atoms with Gasteiger partial charge >= 0.3 is 0 Å². The summed E-state index contributed by atoms with van der Waals surface area (Å²) in [5.74, 6) is 1.09. The first-order valence-electron chi connectivity index (χ1n) is 8.12. The number of nitrogens with one attached hydrogen (secondary N) is 1. The summed E-state index contributed by atoms with van der Waals surface area (Å²) in [4.78, 5) is 18.8. The first kappa shape index (κ1) is 16.8. The van der Waals surface area contributed by atoms with E-state index in [1.807, 2.05) is 80.5 Å². The van der Waals surface area contributed by atoms with Gasteiger partial charge in [0.1, 0.15) is 5.76 Å². The van der Waals surface area contributed by atoms with E-state index < -0.39 is 0 Å². The molecule has 0 spiro atoms. The second kappa shape index (κ2) is 7.21. The Hall–Kier alpha value is -3.08. The second-order valence-electron chi connectivity index (χ2n) is 6.05. The molecule has 0 saturated heterocycles. The predicted octanol–water partition coefficient (Wildman–Crippen LogP) is 3.90. The van der Waals surface area contributed by atoms with Gasteiger partial charge in [-0.3, -0.25) is 4.79 Å². The highest BCUT2D eigenvalue weighted by molar-refractivity contribution is 5.92. The number of rotatable bonds is 5. The van der Waals surface area contributed by atoms with E-state index in [-0.39, 0.29) is 12.3 Å². The van der Waals surface area contributed by atoms with Crippen molar-refractivity contribution in [1.82, 2.24) is 4.98 Å². The number of hydrogen-bond acceptors (Lipinski definition) is 4. The number of amides is 1. The van der Waals surface area contributed by atoms with Gasteiger partial charge in [0, 0.05) is 31.0 Å². The Bertz CT molecular complexity index is 852. The van der Waals surface area contributed by atoms with Crippen LogP contribution in [0, 0.1) is 6.92 Å². The molecule has 0 unspecified atom stereocenters. The molecule has 128 valence electrons. The number of aryl methyl sites for hydroxylation is 1. The number of aromatic nitrogens is 1. The van der Waals surface area contributed by atoms with E-state index in [1.54, 1.807) is 0 Å². The van der Waals surface area contributed by atoms with Gasteiger partial charge in [0.15, 0.2) is 0 Å². The third-order valence-electron chi connectivity index (χ3n) is 3.91. The number of hydrogen-bond donors (Lipinski definition) is 1. The van der Waals surface area contributed by atoms with Crippen LogP contribution in [-0.2, 0) is 11.2 Å². The van der Waals surface area contributed by atoms with Crippen molar-refractivity contribution in [1.29, 1.82) is 0 Å². The molecule has 5 heteroatoms. The lowest BCUT2D eigenvalue weighted by atomic mass is 10.2. The second-order valence-corrected chi connectivity index (χ2v) is 6.05. The fourth-order valence-corrected chi connectivity index (χ4v) is 2.50. The Morgan fingerprint density at radius 2 is 1.76 bits per heavy atom. The van der Waals surface area contributed by atoms with Crippen LogP contribution in [-0.4, -0.2) is 25.0 Å². The predicted molar refractivity (Wildman–Crippen MR) is 99.8 cm³/mol. The molecule has 1 aromatic heterocycles. The Morgan fingerprint density at radius 3 is 2.40 bits per heavy atom. The lowest BCUT2D eigenvalue weighted by molar-refractivity contribution is -0.115. The lowest BCUT2D eigenvalue weighted by Gasteiger charge is -2.12. The van der Waals surface area contributed by atoms with E-state index in [9.17, 15) is 4.79 Å². The Kier molecular flexibility index (Phi) is 4.84. The van der Waals surface area contributed by atoms with Gasteiger partial charge in [0.2, 0.25) is 11.8 Å². The number of benzene rings is 2. The molecule has 25 heavy (non-hydrogen) atoms. The molecule has 2 aromatic carbocycles. The van der Waals surface area contributed by atoms with Crippen LogP contribution in [0.3, 0.4) is 0 Å². The van der Waals surface area contributed by atoms with E-state index in [1.165, 1.54) is 0 Å². The number of carbonyl (C=O) groups is 1. The van der Waals surface area contributed by atoms with Crippen molar-refractivity contribution in [3.8, 4) is 11.5 Å². The smallest absolute Gasteiger partial charge is 0.230 e. The highest BCUT2D eigenvalue weighted by Crippen LogP contribution is 2.22. The molecule has 0 aliphatic heterocycles. The van der Waals surface area contributed by atoms with Crippen molar-refractivity contribution in [3.05, 3.63) is 66.1 Å². The van der Waals surface area contributed by atoms with E-state index in [0.29, 0.717) is 17.3 Å². The Morgan fingerprint density at radius 1 is 1.08 bits per heavy atom. The molecule has 1 amide bonds. The maximum Gasteiger partial charge on any atom is 0.230 e. The lowest BCUT2D eigenvalue weighted by Crippen LogP contribution is -2.15. The molecule has 0 aliphatic carbocycles. The fraction of sp³-hybridized carbons (Fsp3) is 0.200. The van der Waals surface area contributed by atoms with Crippen LogP contribution in [0.2, 0.25) is 0 Å². The summed E-state index contributed by atoms with van der Waals surface area (Å²) in [6.45, 7) is 1.83. The molecule has 5 nitrogen and oxygen atoms in total. The van der Waals surface area contributed by atoms with Crippen molar-refractivity contribution in [3.63, 3.8) is 0 Å². The van der Waals surface area contributed by atoms with Crippen LogP contribution >= 0.6 is 0 Å². The van der Waals surface area contributed by atoms with Gasteiger partial charge in [-0.15, -0.1) is 0 Å². The maximum atomic E-state index is 12.3. The standard InChI is InChI=1S/C20H21N3O2/c1-14-18(22-20(25-14)15-7-5-4-6-8-15)13-19(24)21-16-9-11-17(12-10-16)23(2)3/h4-12H,13H2,1-3H3,(H,21,24). The summed E-state index contributed by atoms with van der Waals surface area (Å²) in [7, 11) is 3.95. The maximum absolute atomic E-state index is 12.3. The van der Waals surface area contributed by atoms with Gasteiger partial charge < -0.3 is 14.6 Å². The van der Waals surface area contributed by atoms with Crippen molar-refractivity contribution in [2.24, 2.45) is 0 Å². The van der Waals surface area contributed by atoms with Crippen molar-refractivity contribution < 1.29 is 9.21 Å². The molecule has 0 atom stereocenters. The zero-order chi connectivity index (χ0) is 17.8. The molecule has 3 rings (SSSR count). The molecule has 1 N–H and O–H groups in total. The third-order valence-corrected chi connectivity index (χ3v) is 3.91. The van der Waals surface area contributed by atoms with Crippen LogP contribution in [0.1, 0.15) is 11.5 Å². The van der Waals surface area contributed by atoms with E-state index >= 15 is 0 Å². The summed E-state index contributed by atoms with van der Waals surface area (Å²) in [6, 6.07) is 17.4. The third kappa shape index (κ3) is 4.07. The molecule has 1 heterocycles. The molecule has 0 fully saturated rings. The minimum atomic E-state index is -0.117. The molecular formula is C20H21N3O2. The van der Waals surface area contributed by atoms with Crippen LogP contribution in [0.15, 0.2) is 59.0 Å². The first-order chi connectivity index (χ1) is 12.0. The largest absolute Gasteiger partial charge is 0.441 e. The summed E-state index contributed by atoms with van der Waals surface area (Å²) in [5, 5.41) is 2.89. The SMILES string of the molecule is Cc1oc(-c2ccccc2)nc1CC(=O)Nc1ccc(N(C)C)cc1. The van der Waals surface area contributed by atoms with Crippen molar-refractivity contribution in [2.45, 2.75) is 13.3 Å². The first-order valence-corrected chi connectivity index (χ1v) is 8.12. The number of anilines is 2. The highest BCUT2D eigenvalue weighted by atomic mass is 16.4. The summed E-state index contributed by atoms with van der Waals surface area (Å²) in [6.07, 6.45) is 0.178. The van der Waals surface area contributed by atoms with Crippen LogP contribution in [0.25, 0.3) is 11.5 Å². The zero-order valence-electron chi connectivity index (χ0n) is 14.6. The summed E-state index contributed by atoms with van der Waals surface area (Å²) < 4.78 is 5.70. The summed E-state index contributed by atoms with van der Waals surface area (Å²) >= 11 is 0. The van der Waals surface area contributed by atoms with Gasteiger partial charge in [-0.25, -0.2) is 4.98 Å². The number of carbonyl (C=O) groups excluding carboxylic acids is 1. The van der Waals surface area contributed by atoms with Gasteiger partial charge in [-0.2, -0.15) is 0 Å². The molecule has 0 aliphatic rings. The minimum Gasteiger partial charge on any atom is -0.441 e. The highest BCUT2D eigenvalue weighted by Gasteiger charge is 2.14. The van der Waals surface area contributed by atoms with Crippen molar-refractivity contribution >= 4 is 17.3 Å². The Balaban J connectivity index is 1.68. The van der Waals surface area contributed by atoms with Crippen LogP contribution in [0.4, 0.5) is 11.4 Å². The molecule has 0 bridgehead atoms. The molecule has 0 radical (unpaired) electrons. The van der Waals surface area contributed by atoms with E-state index in [0.717, 1.165) is 16.9 Å². The summed E-state index contributed by atoms with van der Waals surface area (Å²) in [5.41, 5.74) is 3.40. The normalized spacial score (nSPS) is 10.5. The quantitative estimate of drug-likeness (QED) is 0.768. The van der Waals surface area contributed by atoms with E-state index in [4.69, 9.17) is 4.42 Å². The van der Waals surface area contributed by atoms with E-state index in [2.05, 4.69) is 10.3 Å². The van der Waals surface area contributed by atoms with Gasteiger partial charge in [-0.05, 0) is 43.3 Å². The zero-order valence-corrected chi connectivity index (χ0v) is 14.6. The number of nitrogens with zero attached hydrogens (tertiary/aromatic N) is 2. The monoisotopic (exact) mass is 335 g/mol. The van der Waals surface area contributed by atoms with Crippen LogP contribution < -0.4 is 10.2 Å². The molecule has 3 aromatic rings. The topological polar surface area (TPSA) is 58.4 Å². The Labute approximate surface area is 147 Å². The fourth-order valence-electron chi connectivity index (χ4n) is 2.50. The van der Waals surface area contributed by atoms with Gasteiger partial charge in [-0.1, -0.05) is 18.2 Å². The molecular weight excluding hydrogens is 314 g/mol. The average molecular weight is 335 g/mol. The van der Waals surface area contributed by atoms with Crippen molar-refractivity contribution in [2.75, 3.05) is 24.3 Å². The number of oxazole rings is 1. The van der Waals surface area contributed by atoms with Gasteiger partial charge in [0.05, 0.1) is 12.1 Å². The minimum absolute atomic E-state index is 0.117.